The van der Waals surface area contributed by atoms with Crippen molar-refractivity contribution in [1.29, 1.82) is 0 Å². The number of para-hydroxylation sites is 1. The van der Waals surface area contributed by atoms with Gasteiger partial charge in [0.2, 0.25) is 0 Å². The average Bonchev–Trinajstić information content (AvgIpc) is 2.95. The van der Waals surface area contributed by atoms with Crippen molar-refractivity contribution < 1.29 is 24.2 Å². The summed E-state index contributed by atoms with van der Waals surface area (Å²) in [5, 5.41) is 15.9. The molecule has 2 aromatic rings. The highest BCUT2D eigenvalue weighted by Crippen LogP contribution is 2.35. The number of carbonyl (C=O) groups excluding carboxylic acids is 3. The first kappa shape index (κ1) is 28.4. The molecule has 2 aliphatic rings. The monoisotopic (exact) mass is 537 g/mol. The number of rotatable bonds is 7. The maximum Gasteiger partial charge on any atom is 0.317 e. The first-order valence-electron chi connectivity index (χ1n) is 13.7. The molecule has 0 bridgehead atoms. The van der Waals surface area contributed by atoms with Crippen molar-refractivity contribution in [2.75, 3.05) is 32.1 Å². The summed E-state index contributed by atoms with van der Waals surface area (Å²) in [5.74, 6) is -0.582. The second-order valence-corrected chi connectivity index (χ2v) is 10.7. The van der Waals surface area contributed by atoms with Crippen molar-refractivity contribution in [2.45, 2.75) is 64.1 Å². The summed E-state index contributed by atoms with van der Waals surface area (Å²) in [6, 6.07) is 7.83. The second kappa shape index (κ2) is 12.9. The molecule has 1 aliphatic carbocycles. The van der Waals surface area contributed by atoms with Crippen LogP contribution in [0.2, 0.25) is 0 Å². The van der Waals surface area contributed by atoms with Gasteiger partial charge in [-0.2, -0.15) is 0 Å². The summed E-state index contributed by atoms with van der Waals surface area (Å²) >= 11 is 0. The van der Waals surface area contributed by atoms with E-state index in [0.29, 0.717) is 17.8 Å². The van der Waals surface area contributed by atoms with Crippen molar-refractivity contribution in [3.05, 3.63) is 53.9 Å². The molecule has 2 heterocycles. The highest BCUT2D eigenvalue weighted by Gasteiger charge is 2.35. The predicted molar refractivity (Wildman–Crippen MR) is 148 cm³/mol. The van der Waals surface area contributed by atoms with Crippen LogP contribution < -0.4 is 15.4 Å². The number of hydrogen-bond donors (Lipinski definition) is 3. The standard InChI is InChI=1S/C29H39N5O5/c1-19-16-34(20(2)18-35)28(37)23-10-7-11-24(32-27(36)21-12-14-30-15-13-21)26(23)39-25(19)17-33(3)29(38)31-22-8-5-4-6-9-22/h7,10-15,19-20,22,25,35H,4-6,8-9,16-18H2,1-3H3,(H,31,38)(H,32,36)/t19-,20-,25-/m0/s1. The topological polar surface area (TPSA) is 124 Å². The van der Waals surface area contributed by atoms with E-state index in [9.17, 15) is 19.5 Å². The molecule has 3 N–H and O–H groups in total. The number of nitrogens with one attached hydrogen (secondary N) is 2. The smallest absolute Gasteiger partial charge is 0.317 e. The number of aliphatic hydroxyl groups excluding tert-OH is 1. The third kappa shape index (κ3) is 6.86. The first-order chi connectivity index (χ1) is 18.8. The van der Waals surface area contributed by atoms with Gasteiger partial charge in [0, 0.05) is 43.5 Å². The summed E-state index contributed by atoms with van der Waals surface area (Å²) in [6.07, 6.45) is 8.00. The number of aromatic nitrogens is 1. The molecule has 210 valence electrons. The molecule has 0 radical (unpaired) electrons. The highest BCUT2D eigenvalue weighted by molar-refractivity contribution is 6.07. The summed E-state index contributed by atoms with van der Waals surface area (Å²) in [7, 11) is 1.74. The number of benzene rings is 1. The number of ether oxygens (including phenoxy) is 1. The van der Waals surface area contributed by atoms with Crippen LogP contribution in [0.4, 0.5) is 10.5 Å². The summed E-state index contributed by atoms with van der Waals surface area (Å²) in [6.45, 7) is 4.19. The fraction of sp³-hybridized carbons (Fsp3) is 0.517. The summed E-state index contributed by atoms with van der Waals surface area (Å²) in [5.41, 5.74) is 1.06. The molecule has 3 atom stereocenters. The molecule has 1 aliphatic heterocycles. The van der Waals surface area contributed by atoms with Gasteiger partial charge in [-0.15, -0.1) is 0 Å². The fourth-order valence-electron chi connectivity index (χ4n) is 5.14. The van der Waals surface area contributed by atoms with Crippen molar-refractivity contribution in [2.24, 2.45) is 5.92 Å². The van der Waals surface area contributed by atoms with Gasteiger partial charge in [-0.1, -0.05) is 32.3 Å². The maximum absolute atomic E-state index is 13.6. The van der Waals surface area contributed by atoms with Crippen LogP contribution in [0, 0.1) is 5.92 Å². The van der Waals surface area contributed by atoms with E-state index in [1.807, 2.05) is 6.92 Å². The van der Waals surface area contributed by atoms with Gasteiger partial charge in [0.1, 0.15) is 6.10 Å². The van der Waals surface area contributed by atoms with E-state index in [4.69, 9.17) is 4.74 Å². The van der Waals surface area contributed by atoms with E-state index in [0.717, 1.165) is 25.7 Å². The molecule has 1 fully saturated rings. The van der Waals surface area contributed by atoms with Gasteiger partial charge in [0.15, 0.2) is 5.75 Å². The Balaban J connectivity index is 1.62. The van der Waals surface area contributed by atoms with Crippen LogP contribution in [0.1, 0.15) is 66.7 Å². The molecule has 1 aromatic heterocycles. The van der Waals surface area contributed by atoms with E-state index in [1.54, 1.807) is 54.1 Å². The van der Waals surface area contributed by atoms with Crippen LogP contribution in [0.25, 0.3) is 0 Å². The van der Waals surface area contributed by atoms with Crippen molar-refractivity contribution in [3.63, 3.8) is 0 Å². The van der Waals surface area contributed by atoms with Gasteiger partial charge >= 0.3 is 6.03 Å². The predicted octanol–water partition coefficient (Wildman–Crippen LogP) is 3.53. The third-order valence-corrected chi connectivity index (χ3v) is 7.62. The molecule has 0 spiro atoms. The molecule has 4 amide bonds. The number of pyridine rings is 1. The molecule has 10 nitrogen and oxygen atoms in total. The molecule has 0 unspecified atom stereocenters. The van der Waals surface area contributed by atoms with Crippen LogP contribution in [-0.2, 0) is 0 Å². The third-order valence-electron chi connectivity index (χ3n) is 7.62. The number of nitrogens with zero attached hydrogens (tertiary/aromatic N) is 3. The number of likely N-dealkylation sites (N-methyl/N-ethyl adjacent to an activating group) is 1. The zero-order valence-corrected chi connectivity index (χ0v) is 22.9. The Kier molecular flexibility index (Phi) is 9.40. The lowest BCUT2D eigenvalue weighted by Crippen LogP contribution is -2.52. The Morgan fingerprint density at radius 3 is 2.59 bits per heavy atom. The minimum Gasteiger partial charge on any atom is -0.485 e. The van der Waals surface area contributed by atoms with Crippen molar-refractivity contribution >= 4 is 23.5 Å². The second-order valence-electron chi connectivity index (χ2n) is 10.7. The largest absolute Gasteiger partial charge is 0.485 e. The zero-order chi connectivity index (χ0) is 27.9. The van der Waals surface area contributed by atoms with Gasteiger partial charge in [-0.05, 0) is 44.0 Å². The quantitative estimate of drug-likeness (QED) is 0.497. The number of aliphatic hydroxyl groups is 1. The number of hydrogen-bond acceptors (Lipinski definition) is 6. The molecule has 0 saturated heterocycles. The number of fused-ring (bicyclic) bond motifs is 1. The minimum absolute atomic E-state index is 0.157. The van der Waals surface area contributed by atoms with E-state index in [-0.39, 0.29) is 54.3 Å². The number of carbonyl (C=O) groups is 3. The minimum atomic E-state index is -0.480. The zero-order valence-electron chi connectivity index (χ0n) is 22.9. The van der Waals surface area contributed by atoms with Crippen LogP contribution in [0.5, 0.6) is 5.75 Å². The average molecular weight is 538 g/mol. The van der Waals surface area contributed by atoms with Gasteiger partial charge in [0.25, 0.3) is 11.8 Å². The molecule has 4 rings (SSSR count). The Morgan fingerprint density at radius 2 is 1.90 bits per heavy atom. The maximum atomic E-state index is 13.6. The SMILES string of the molecule is C[C@H]1CN([C@@H](C)CO)C(=O)c2cccc(NC(=O)c3ccncc3)c2O[C@H]1CN(C)C(=O)NC1CCCCC1. The molecule has 10 heteroatoms. The Morgan fingerprint density at radius 1 is 1.18 bits per heavy atom. The van der Waals surface area contributed by atoms with Crippen molar-refractivity contribution in [1.82, 2.24) is 20.1 Å². The molecule has 1 saturated carbocycles. The normalized spacial score (nSPS) is 20.6. The lowest BCUT2D eigenvalue weighted by atomic mass is 9.96. The summed E-state index contributed by atoms with van der Waals surface area (Å²) in [4.78, 5) is 46.9. The Bertz CT molecular complexity index is 1150. The van der Waals surface area contributed by atoms with E-state index < -0.39 is 12.1 Å². The first-order valence-corrected chi connectivity index (χ1v) is 13.7. The highest BCUT2D eigenvalue weighted by atomic mass is 16.5. The van der Waals surface area contributed by atoms with E-state index in [1.165, 1.54) is 18.8 Å². The van der Waals surface area contributed by atoms with E-state index in [2.05, 4.69) is 15.6 Å². The Labute approximate surface area is 229 Å². The number of anilines is 1. The van der Waals surface area contributed by atoms with Gasteiger partial charge in [-0.3, -0.25) is 14.6 Å². The Hall–Kier alpha value is -3.66. The van der Waals surface area contributed by atoms with Crippen LogP contribution >= 0.6 is 0 Å². The van der Waals surface area contributed by atoms with Crippen LogP contribution in [0.15, 0.2) is 42.7 Å². The lowest BCUT2D eigenvalue weighted by molar-refractivity contribution is 0.0367. The van der Waals surface area contributed by atoms with Crippen LogP contribution in [-0.4, -0.2) is 82.7 Å². The molecule has 39 heavy (non-hydrogen) atoms. The fourth-order valence-corrected chi connectivity index (χ4v) is 5.14. The summed E-state index contributed by atoms with van der Waals surface area (Å²) < 4.78 is 6.50. The van der Waals surface area contributed by atoms with Crippen molar-refractivity contribution in [3.8, 4) is 5.75 Å². The number of amides is 4. The van der Waals surface area contributed by atoms with Gasteiger partial charge in [-0.25, -0.2) is 4.79 Å². The van der Waals surface area contributed by atoms with Crippen LogP contribution in [0.3, 0.4) is 0 Å². The molecule has 1 aromatic carbocycles. The van der Waals surface area contributed by atoms with Gasteiger partial charge < -0.3 is 30.3 Å². The molecular formula is C29H39N5O5. The number of urea groups is 1. The van der Waals surface area contributed by atoms with E-state index >= 15 is 0 Å². The van der Waals surface area contributed by atoms with Gasteiger partial charge in [0.05, 0.1) is 30.4 Å². The molecular weight excluding hydrogens is 498 g/mol. The lowest BCUT2D eigenvalue weighted by Gasteiger charge is -2.38.